The quantitative estimate of drug-likeness (QED) is 0.420. The molecule has 162 valence electrons. The smallest absolute Gasteiger partial charge is 0.263 e. The van der Waals surface area contributed by atoms with E-state index in [1.165, 1.54) is 15.8 Å². The van der Waals surface area contributed by atoms with Gasteiger partial charge in [-0.25, -0.2) is 9.99 Å². The Bertz CT molecular complexity index is 1380. The third kappa shape index (κ3) is 3.35. The van der Waals surface area contributed by atoms with Crippen molar-refractivity contribution < 1.29 is 4.79 Å². The molecule has 5 heterocycles. The highest BCUT2D eigenvalue weighted by Crippen LogP contribution is 2.36. The summed E-state index contributed by atoms with van der Waals surface area (Å²) in [4.78, 5) is 35.5. The van der Waals surface area contributed by atoms with E-state index in [1.54, 1.807) is 39.0 Å². The molecule has 2 aliphatic rings. The Morgan fingerprint density at radius 2 is 1.97 bits per heavy atom. The first-order valence-corrected chi connectivity index (χ1v) is 13.2. The first-order valence-electron chi connectivity index (χ1n) is 10.7. The van der Waals surface area contributed by atoms with Crippen LogP contribution in [0.4, 0.5) is 0 Å². The van der Waals surface area contributed by atoms with Crippen LogP contribution in [-0.2, 0) is 24.2 Å². The summed E-state index contributed by atoms with van der Waals surface area (Å²) in [5.41, 5.74) is 1.95. The van der Waals surface area contributed by atoms with Crippen molar-refractivity contribution in [1.82, 2.24) is 14.6 Å². The van der Waals surface area contributed by atoms with Crippen molar-refractivity contribution in [3.63, 3.8) is 0 Å². The van der Waals surface area contributed by atoms with Crippen LogP contribution >= 0.6 is 34.0 Å². The topological polar surface area (TPSA) is 67.6 Å². The first-order chi connectivity index (χ1) is 15.7. The normalized spacial score (nSPS) is 18.2. The number of carbonyl (C=O) groups is 1. The molecule has 0 fully saturated rings. The van der Waals surface area contributed by atoms with E-state index in [4.69, 9.17) is 5.10 Å². The fourth-order valence-corrected chi connectivity index (χ4v) is 7.30. The molecular weight excluding hydrogens is 460 g/mol. The third-order valence-corrected chi connectivity index (χ3v) is 9.18. The number of amides is 1. The summed E-state index contributed by atoms with van der Waals surface area (Å²) in [5.74, 6) is -0.192. The highest BCUT2D eigenvalue weighted by Gasteiger charge is 2.34. The lowest BCUT2D eigenvalue weighted by molar-refractivity contribution is -0.133. The van der Waals surface area contributed by atoms with Gasteiger partial charge in [-0.05, 0) is 54.1 Å². The van der Waals surface area contributed by atoms with Gasteiger partial charge in [0.25, 0.3) is 11.5 Å². The van der Waals surface area contributed by atoms with E-state index in [-0.39, 0.29) is 24.1 Å². The fourth-order valence-electron chi connectivity index (χ4n) is 4.55. The van der Waals surface area contributed by atoms with Gasteiger partial charge in [-0.1, -0.05) is 12.1 Å². The molecule has 1 aliphatic heterocycles. The number of thiophene rings is 3. The van der Waals surface area contributed by atoms with Crippen LogP contribution in [0.25, 0.3) is 10.2 Å². The summed E-state index contributed by atoms with van der Waals surface area (Å²) in [6.07, 6.45) is 6.40. The second-order valence-electron chi connectivity index (χ2n) is 8.07. The Balaban J connectivity index is 1.34. The van der Waals surface area contributed by atoms with Gasteiger partial charge in [0.2, 0.25) is 0 Å². The Labute approximate surface area is 196 Å². The van der Waals surface area contributed by atoms with Crippen molar-refractivity contribution in [2.24, 2.45) is 5.10 Å². The minimum Gasteiger partial charge on any atom is -0.289 e. The summed E-state index contributed by atoms with van der Waals surface area (Å²) in [7, 11) is 0. The van der Waals surface area contributed by atoms with Gasteiger partial charge < -0.3 is 0 Å². The summed E-state index contributed by atoms with van der Waals surface area (Å²) in [6.45, 7) is -0.0600. The molecule has 0 saturated carbocycles. The fraction of sp³-hybridized carbons (Fsp3) is 0.304. The number of aromatic nitrogens is 2. The zero-order valence-electron chi connectivity index (χ0n) is 17.2. The summed E-state index contributed by atoms with van der Waals surface area (Å²) in [6, 6.07) is 7.93. The highest BCUT2D eigenvalue weighted by molar-refractivity contribution is 7.18. The number of rotatable bonds is 4. The number of hydrogen-bond acceptors (Lipinski definition) is 7. The lowest BCUT2D eigenvalue weighted by atomic mass is 9.97. The van der Waals surface area contributed by atoms with Crippen LogP contribution in [0.15, 0.2) is 51.2 Å². The van der Waals surface area contributed by atoms with E-state index in [1.807, 2.05) is 35.0 Å². The number of carbonyl (C=O) groups excluding carboxylic acids is 1. The van der Waals surface area contributed by atoms with Crippen LogP contribution in [-0.4, -0.2) is 26.2 Å². The Morgan fingerprint density at radius 1 is 1.12 bits per heavy atom. The van der Waals surface area contributed by atoms with Crippen molar-refractivity contribution in [3.8, 4) is 0 Å². The number of fused-ring (bicyclic) bond motifs is 3. The molecule has 4 aromatic rings. The van der Waals surface area contributed by atoms with Crippen LogP contribution in [0.5, 0.6) is 0 Å². The van der Waals surface area contributed by atoms with Gasteiger partial charge in [-0.3, -0.25) is 14.2 Å². The van der Waals surface area contributed by atoms with E-state index in [2.05, 4.69) is 4.98 Å². The number of aryl methyl sites for hydroxylation is 2. The zero-order chi connectivity index (χ0) is 21.7. The van der Waals surface area contributed by atoms with E-state index < -0.39 is 0 Å². The Morgan fingerprint density at radius 3 is 2.78 bits per heavy atom. The molecule has 0 aromatic carbocycles. The van der Waals surface area contributed by atoms with Gasteiger partial charge >= 0.3 is 0 Å². The molecule has 0 bridgehead atoms. The predicted molar refractivity (Wildman–Crippen MR) is 130 cm³/mol. The highest BCUT2D eigenvalue weighted by atomic mass is 32.1. The van der Waals surface area contributed by atoms with E-state index in [0.717, 1.165) is 51.5 Å². The van der Waals surface area contributed by atoms with Gasteiger partial charge in [0.05, 0.1) is 28.3 Å². The lowest BCUT2D eigenvalue weighted by Gasteiger charge is -2.21. The lowest BCUT2D eigenvalue weighted by Crippen LogP contribution is -2.33. The van der Waals surface area contributed by atoms with Gasteiger partial charge in [0.1, 0.15) is 11.4 Å². The SMILES string of the molecule is O=C(Cn1cnc2sc3c(c2c1=O)CCCC3)N1N=C(c2cccs2)CC1c1cccs1. The zero-order valence-corrected chi connectivity index (χ0v) is 19.6. The van der Waals surface area contributed by atoms with Crippen LogP contribution in [0.2, 0.25) is 0 Å². The molecule has 0 radical (unpaired) electrons. The maximum atomic E-state index is 13.4. The molecule has 0 N–H and O–H groups in total. The molecule has 1 aliphatic carbocycles. The second kappa shape index (κ2) is 8.06. The Kier molecular flexibility index (Phi) is 5.04. The molecule has 0 saturated heterocycles. The maximum Gasteiger partial charge on any atom is 0.263 e. The summed E-state index contributed by atoms with van der Waals surface area (Å²) >= 11 is 4.88. The maximum absolute atomic E-state index is 13.4. The van der Waals surface area contributed by atoms with Gasteiger partial charge in [-0.2, -0.15) is 5.10 Å². The van der Waals surface area contributed by atoms with Gasteiger partial charge in [0, 0.05) is 16.2 Å². The van der Waals surface area contributed by atoms with Crippen LogP contribution < -0.4 is 5.56 Å². The van der Waals surface area contributed by atoms with Crippen molar-refractivity contribution >= 4 is 55.8 Å². The molecule has 1 atom stereocenters. The molecule has 1 amide bonds. The minimum absolute atomic E-state index is 0.0600. The molecule has 9 heteroatoms. The number of hydrogen-bond donors (Lipinski definition) is 0. The van der Waals surface area contributed by atoms with Crippen molar-refractivity contribution in [3.05, 3.63) is 71.9 Å². The van der Waals surface area contributed by atoms with Crippen molar-refractivity contribution in [2.45, 2.75) is 44.7 Å². The van der Waals surface area contributed by atoms with Crippen molar-refractivity contribution in [1.29, 1.82) is 0 Å². The molecule has 1 unspecified atom stereocenters. The third-order valence-electron chi connectivity index (χ3n) is 6.09. The average molecular weight is 481 g/mol. The number of hydrazone groups is 1. The Hall–Kier alpha value is -2.62. The molecule has 32 heavy (non-hydrogen) atoms. The molecule has 6 nitrogen and oxygen atoms in total. The average Bonchev–Trinajstić information content (AvgIpc) is 3.60. The molecule has 6 rings (SSSR count). The predicted octanol–water partition coefficient (Wildman–Crippen LogP) is 4.84. The molecule has 0 spiro atoms. The van der Waals surface area contributed by atoms with Crippen molar-refractivity contribution in [2.75, 3.05) is 0 Å². The van der Waals surface area contributed by atoms with E-state index in [0.29, 0.717) is 11.8 Å². The van der Waals surface area contributed by atoms with E-state index in [9.17, 15) is 9.59 Å². The molecule has 4 aromatic heterocycles. The van der Waals surface area contributed by atoms with Gasteiger partial charge in [-0.15, -0.1) is 34.0 Å². The monoisotopic (exact) mass is 480 g/mol. The van der Waals surface area contributed by atoms with Crippen LogP contribution in [0.3, 0.4) is 0 Å². The minimum atomic E-state index is -0.192. The van der Waals surface area contributed by atoms with Crippen LogP contribution in [0.1, 0.15) is 45.5 Å². The number of nitrogens with zero attached hydrogens (tertiary/aromatic N) is 4. The second-order valence-corrected chi connectivity index (χ2v) is 11.1. The van der Waals surface area contributed by atoms with Crippen LogP contribution in [0, 0.1) is 0 Å². The molecular formula is C23H20N4O2S3. The van der Waals surface area contributed by atoms with E-state index >= 15 is 0 Å². The van der Waals surface area contributed by atoms with Gasteiger partial charge in [0.15, 0.2) is 0 Å². The standard InChI is InChI=1S/C23H20N4O2S3/c28-20(12-26-13-24-22-21(23(26)29)14-5-1-2-6-17(14)32-22)27-16(19-8-4-10-31-19)11-15(25-27)18-7-3-9-30-18/h3-4,7-10,13,16H,1-2,5-6,11-12H2. The summed E-state index contributed by atoms with van der Waals surface area (Å²) in [5, 5.41) is 11.0. The summed E-state index contributed by atoms with van der Waals surface area (Å²) < 4.78 is 1.45. The largest absolute Gasteiger partial charge is 0.289 e. The first kappa shape index (κ1) is 20.0.